The Morgan fingerprint density at radius 1 is 1.16 bits per heavy atom. The van der Waals surface area contributed by atoms with Crippen molar-refractivity contribution in [2.24, 2.45) is 0 Å². The third-order valence-corrected chi connectivity index (χ3v) is 3.39. The van der Waals surface area contributed by atoms with Gasteiger partial charge in [0.1, 0.15) is 0 Å². The summed E-state index contributed by atoms with van der Waals surface area (Å²) < 4.78 is 0. The van der Waals surface area contributed by atoms with Crippen molar-refractivity contribution in [2.45, 2.75) is 45.7 Å². The first-order chi connectivity index (χ1) is 8.88. The second-order valence-electron chi connectivity index (χ2n) is 6.21. The van der Waals surface area contributed by atoms with Gasteiger partial charge in [-0.2, -0.15) is 0 Å². The molecule has 2 nitrogen and oxygen atoms in total. The molecule has 19 heavy (non-hydrogen) atoms. The SMILES string of the molecule is CN(CCCCNC(C)(C)C)Cc1ccccc1Cl. The molecule has 0 fully saturated rings. The highest BCUT2D eigenvalue weighted by molar-refractivity contribution is 6.31. The van der Waals surface area contributed by atoms with E-state index in [1.54, 1.807) is 0 Å². The molecule has 0 spiro atoms. The van der Waals surface area contributed by atoms with Crippen LogP contribution in [0.15, 0.2) is 24.3 Å². The molecule has 0 aliphatic carbocycles. The normalized spacial score (nSPS) is 12.1. The zero-order chi connectivity index (χ0) is 14.3. The Balaban J connectivity index is 2.18. The minimum atomic E-state index is 0.226. The van der Waals surface area contributed by atoms with E-state index in [-0.39, 0.29) is 5.54 Å². The molecule has 1 aromatic rings. The third kappa shape index (κ3) is 7.56. The van der Waals surface area contributed by atoms with Crippen molar-refractivity contribution < 1.29 is 0 Å². The number of benzene rings is 1. The van der Waals surface area contributed by atoms with Crippen molar-refractivity contribution in [2.75, 3.05) is 20.1 Å². The van der Waals surface area contributed by atoms with E-state index in [0.29, 0.717) is 0 Å². The number of halogens is 1. The lowest BCUT2D eigenvalue weighted by Gasteiger charge is -2.21. The zero-order valence-electron chi connectivity index (χ0n) is 12.7. The van der Waals surface area contributed by atoms with Crippen LogP contribution >= 0.6 is 11.6 Å². The van der Waals surface area contributed by atoms with E-state index in [1.165, 1.54) is 18.4 Å². The molecular formula is C16H27ClN2. The second kappa shape index (κ2) is 7.88. The van der Waals surface area contributed by atoms with Gasteiger partial charge in [0.05, 0.1) is 0 Å². The summed E-state index contributed by atoms with van der Waals surface area (Å²) >= 11 is 6.17. The van der Waals surface area contributed by atoms with Crippen molar-refractivity contribution in [1.82, 2.24) is 10.2 Å². The number of unbranched alkanes of at least 4 members (excludes halogenated alkanes) is 1. The van der Waals surface area contributed by atoms with Crippen LogP contribution in [-0.2, 0) is 6.54 Å². The largest absolute Gasteiger partial charge is 0.312 e. The topological polar surface area (TPSA) is 15.3 Å². The fraction of sp³-hybridized carbons (Fsp3) is 0.625. The van der Waals surface area contributed by atoms with Crippen LogP contribution in [0.1, 0.15) is 39.2 Å². The summed E-state index contributed by atoms with van der Waals surface area (Å²) in [5.74, 6) is 0. The molecule has 0 aliphatic heterocycles. The van der Waals surface area contributed by atoms with Gasteiger partial charge < -0.3 is 10.2 Å². The molecule has 0 aliphatic rings. The third-order valence-electron chi connectivity index (χ3n) is 3.02. The number of hydrogen-bond acceptors (Lipinski definition) is 2. The summed E-state index contributed by atoms with van der Waals surface area (Å²) in [5.41, 5.74) is 1.43. The van der Waals surface area contributed by atoms with Gasteiger partial charge in [-0.25, -0.2) is 0 Å². The van der Waals surface area contributed by atoms with Crippen molar-refractivity contribution in [3.8, 4) is 0 Å². The highest BCUT2D eigenvalue weighted by Crippen LogP contribution is 2.16. The minimum Gasteiger partial charge on any atom is -0.312 e. The summed E-state index contributed by atoms with van der Waals surface area (Å²) in [6.45, 7) is 9.73. The van der Waals surface area contributed by atoms with Gasteiger partial charge in [0.2, 0.25) is 0 Å². The lowest BCUT2D eigenvalue weighted by Crippen LogP contribution is -2.36. The number of nitrogens with one attached hydrogen (secondary N) is 1. The number of rotatable bonds is 7. The van der Waals surface area contributed by atoms with E-state index < -0.39 is 0 Å². The smallest absolute Gasteiger partial charge is 0.0451 e. The molecule has 3 heteroatoms. The molecule has 0 unspecified atom stereocenters. The molecule has 0 aromatic heterocycles. The molecule has 1 rings (SSSR count). The zero-order valence-corrected chi connectivity index (χ0v) is 13.4. The fourth-order valence-electron chi connectivity index (χ4n) is 1.97. The predicted molar refractivity (Wildman–Crippen MR) is 84.8 cm³/mol. The van der Waals surface area contributed by atoms with Crippen LogP contribution in [0.25, 0.3) is 0 Å². The van der Waals surface area contributed by atoms with E-state index in [4.69, 9.17) is 11.6 Å². The molecule has 0 amide bonds. The van der Waals surface area contributed by atoms with Crippen molar-refractivity contribution in [3.05, 3.63) is 34.9 Å². The summed E-state index contributed by atoms with van der Waals surface area (Å²) in [4.78, 5) is 2.33. The predicted octanol–water partition coefficient (Wildman–Crippen LogP) is 3.94. The first-order valence-corrected chi connectivity index (χ1v) is 7.43. The maximum Gasteiger partial charge on any atom is 0.0451 e. The maximum atomic E-state index is 6.17. The second-order valence-corrected chi connectivity index (χ2v) is 6.62. The van der Waals surface area contributed by atoms with Gasteiger partial charge in [-0.15, -0.1) is 0 Å². The van der Waals surface area contributed by atoms with Crippen molar-refractivity contribution in [1.29, 1.82) is 0 Å². The summed E-state index contributed by atoms with van der Waals surface area (Å²) in [7, 11) is 2.15. The van der Waals surface area contributed by atoms with Crippen LogP contribution in [0, 0.1) is 0 Å². The van der Waals surface area contributed by atoms with Gasteiger partial charge in [0.15, 0.2) is 0 Å². The van der Waals surface area contributed by atoms with E-state index in [0.717, 1.165) is 24.7 Å². The molecule has 0 saturated carbocycles. The van der Waals surface area contributed by atoms with Gasteiger partial charge in [0.25, 0.3) is 0 Å². The minimum absolute atomic E-state index is 0.226. The lowest BCUT2D eigenvalue weighted by atomic mass is 10.1. The first-order valence-electron chi connectivity index (χ1n) is 7.05. The van der Waals surface area contributed by atoms with Crippen LogP contribution in [-0.4, -0.2) is 30.6 Å². The summed E-state index contributed by atoms with van der Waals surface area (Å²) in [6.07, 6.45) is 2.42. The summed E-state index contributed by atoms with van der Waals surface area (Å²) in [5, 5.41) is 4.38. The van der Waals surface area contributed by atoms with Gasteiger partial charge >= 0.3 is 0 Å². The maximum absolute atomic E-state index is 6.17. The first kappa shape index (κ1) is 16.5. The Labute approximate surface area is 123 Å². The van der Waals surface area contributed by atoms with Gasteiger partial charge in [0, 0.05) is 17.1 Å². The molecule has 0 saturated heterocycles. The monoisotopic (exact) mass is 282 g/mol. The van der Waals surface area contributed by atoms with E-state index in [1.807, 2.05) is 18.2 Å². The standard InChI is InChI=1S/C16H27ClN2/c1-16(2,3)18-11-7-8-12-19(4)13-14-9-5-6-10-15(14)17/h5-6,9-10,18H,7-8,11-13H2,1-4H3. The molecule has 1 N–H and O–H groups in total. The van der Waals surface area contributed by atoms with Crippen LogP contribution in [0.3, 0.4) is 0 Å². The summed E-state index contributed by atoms with van der Waals surface area (Å²) in [6, 6.07) is 8.07. The molecule has 108 valence electrons. The molecule has 0 bridgehead atoms. The van der Waals surface area contributed by atoms with Gasteiger partial charge in [-0.1, -0.05) is 29.8 Å². The van der Waals surface area contributed by atoms with Gasteiger partial charge in [-0.05, 0) is 65.4 Å². The van der Waals surface area contributed by atoms with Crippen molar-refractivity contribution in [3.63, 3.8) is 0 Å². The molecular weight excluding hydrogens is 256 g/mol. The highest BCUT2D eigenvalue weighted by atomic mass is 35.5. The Morgan fingerprint density at radius 3 is 2.47 bits per heavy atom. The Morgan fingerprint density at radius 2 is 1.84 bits per heavy atom. The van der Waals surface area contributed by atoms with E-state index in [2.05, 4.69) is 44.1 Å². The number of nitrogens with zero attached hydrogens (tertiary/aromatic N) is 1. The van der Waals surface area contributed by atoms with E-state index in [9.17, 15) is 0 Å². The van der Waals surface area contributed by atoms with Crippen LogP contribution in [0.5, 0.6) is 0 Å². The molecule has 0 atom stereocenters. The molecule has 0 radical (unpaired) electrons. The van der Waals surface area contributed by atoms with Crippen molar-refractivity contribution >= 4 is 11.6 Å². The fourth-order valence-corrected chi connectivity index (χ4v) is 2.16. The lowest BCUT2D eigenvalue weighted by molar-refractivity contribution is 0.313. The highest BCUT2D eigenvalue weighted by Gasteiger charge is 2.07. The molecule has 1 aromatic carbocycles. The Kier molecular flexibility index (Phi) is 6.84. The van der Waals surface area contributed by atoms with Crippen LogP contribution < -0.4 is 5.32 Å². The quantitative estimate of drug-likeness (QED) is 0.762. The average Bonchev–Trinajstić information content (AvgIpc) is 2.30. The Bertz CT molecular complexity index is 371. The van der Waals surface area contributed by atoms with Crippen LogP contribution in [0.4, 0.5) is 0 Å². The average molecular weight is 283 g/mol. The van der Waals surface area contributed by atoms with E-state index >= 15 is 0 Å². The Hall–Kier alpha value is -0.570. The number of hydrogen-bond donors (Lipinski definition) is 1. The van der Waals surface area contributed by atoms with Gasteiger partial charge in [-0.3, -0.25) is 0 Å². The van der Waals surface area contributed by atoms with Crippen LogP contribution in [0.2, 0.25) is 5.02 Å². The molecule has 0 heterocycles.